The van der Waals surface area contributed by atoms with Crippen molar-refractivity contribution in [3.8, 4) is 0 Å². The van der Waals surface area contributed by atoms with E-state index >= 15 is 0 Å². The molecule has 0 radical (unpaired) electrons. The normalized spacial score (nSPS) is 11.7. The zero-order chi connectivity index (χ0) is 15.7. The lowest BCUT2D eigenvalue weighted by atomic mass is 10.4. The summed E-state index contributed by atoms with van der Waals surface area (Å²) in [5.74, 6) is 5.75. The molecule has 1 rings (SSSR count). The molecule has 9 heteroatoms. The minimum atomic E-state index is 0.356. The second-order valence-electron chi connectivity index (χ2n) is 3.50. The number of nitrogens with two attached hydrogens (primary N) is 2. The van der Waals surface area contributed by atoms with Gasteiger partial charge in [-0.3, -0.25) is 16.3 Å². The number of guanidine groups is 1. The third kappa shape index (κ3) is 26.3. The van der Waals surface area contributed by atoms with Gasteiger partial charge in [0.15, 0.2) is 0 Å². The Morgan fingerprint density at radius 3 is 1.95 bits per heavy atom. The Bertz CT molecular complexity index is 190. The van der Waals surface area contributed by atoms with Crippen molar-refractivity contribution in [1.29, 1.82) is 0 Å². The quantitative estimate of drug-likeness (QED) is 0.308. The molecule has 0 aromatic heterocycles. The second-order valence-corrected chi connectivity index (χ2v) is 3.50. The van der Waals surface area contributed by atoms with Crippen LogP contribution < -0.4 is 28.1 Å². The summed E-state index contributed by atoms with van der Waals surface area (Å²) < 4.78 is 0. The molecule has 0 saturated heterocycles. The second kappa shape index (κ2) is 18.9. The zero-order valence-corrected chi connectivity index (χ0v) is 12.7. The van der Waals surface area contributed by atoms with Gasteiger partial charge in [0, 0.05) is 13.6 Å². The van der Waals surface area contributed by atoms with Gasteiger partial charge >= 0.3 is 0 Å². The van der Waals surface area contributed by atoms with Gasteiger partial charge in [0.25, 0.3) is 0 Å². The summed E-state index contributed by atoms with van der Waals surface area (Å²) in [6, 6.07) is 0. The van der Waals surface area contributed by atoms with Gasteiger partial charge in [-0.05, 0) is 27.1 Å². The smallest absolute Gasteiger partial charge is 0.228 e. The molecule has 0 unspecified atom stereocenters. The van der Waals surface area contributed by atoms with Crippen molar-refractivity contribution < 1.29 is 4.79 Å². The van der Waals surface area contributed by atoms with Crippen LogP contribution in [0.5, 0.6) is 0 Å². The van der Waals surface area contributed by atoms with Crippen LogP contribution in [0.25, 0.3) is 0 Å². The molecule has 1 aliphatic rings. The number of carbonyl (C=O) groups is 1. The third-order valence-corrected chi connectivity index (χ3v) is 1.54. The van der Waals surface area contributed by atoms with Gasteiger partial charge in [-0.1, -0.05) is 13.8 Å². The van der Waals surface area contributed by atoms with Crippen LogP contribution in [0, 0.1) is 0 Å². The van der Waals surface area contributed by atoms with Crippen LogP contribution in [0.2, 0.25) is 0 Å². The standard InChI is InChI=1S/C6H17N3.C2H6.CH5N5.CH2O/c1-8(2)5-4-6-9(3)7;1-2;2-1-3-5-6-4-1;1-2/h4-7H2,1-3H3;1-2H3;5-6H,(H3,2,3,4);1H2. The van der Waals surface area contributed by atoms with E-state index in [9.17, 15) is 0 Å². The first-order valence-corrected chi connectivity index (χ1v) is 6.01. The Balaban J connectivity index is -0.000000221. The maximum atomic E-state index is 8.00. The molecule has 0 aromatic rings. The van der Waals surface area contributed by atoms with Crippen LogP contribution in [0.1, 0.15) is 20.3 Å². The molecule has 9 nitrogen and oxygen atoms in total. The van der Waals surface area contributed by atoms with Crippen LogP contribution in [0.3, 0.4) is 0 Å². The molecule has 0 aromatic carbocycles. The van der Waals surface area contributed by atoms with Gasteiger partial charge in [-0.2, -0.15) is 0 Å². The Labute approximate surface area is 116 Å². The number of hydrogen-bond donors (Lipinski definition) is 5. The van der Waals surface area contributed by atoms with Gasteiger partial charge in [-0.15, -0.1) is 10.6 Å². The monoisotopic (exact) mass is 278 g/mol. The van der Waals surface area contributed by atoms with Gasteiger partial charge in [0.2, 0.25) is 5.96 Å². The molecule has 0 atom stereocenters. The Morgan fingerprint density at radius 2 is 1.74 bits per heavy atom. The van der Waals surface area contributed by atoms with E-state index in [0.717, 1.165) is 19.5 Å². The van der Waals surface area contributed by atoms with Crippen LogP contribution in [0.15, 0.2) is 5.10 Å². The van der Waals surface area contributed by atoms with Crippen molar-refractivity contribution in [2.45, 2.75) is 20.3 Å². The summed E-state index contributed by atoms with van der Waals surface area (Å²) in [5.41, 5.74) is 12.4. The van der Waals surface area contributed by atoms with E-state index in [2.05, 4.69) is 40.6 Å². The van der Waals surface area contributed by atoms with E-state index < -0.39 is 0 Å². The molecule has 0 fully saturated rings. The number of hydrazine groups is 3. The Morgan fingerprint density at radius 1 is 1.21 bits per heavy atom. The minimum absolute atomic E-state index is 0.356. The Hall–Kier alpha value is -1.42. The van der Waals surface area contributed by atoms with E-state index in [1.54, 1.807) is 5.01 Å². The Kier molecular flexibility index (Phi) is 22.7. The van der Waals surface area contributed by atoms with Gasteiger partial charge in [0.1, 0.15) is 6.79 Å². The number of hydrogen-bond acceptors (Lipinski definition) is 9. The summed E-state index contributed by atoms with van der Waals surface area (Å²) in [5, 5.41) is 5.17. The van der Waals surface area contributed by atoms with Crippen molar-refractivity contribution in [2.75, 3.05) is 34.2 Å². The number of hydrazone groups is 1. The van der Waals surface area contributed by atoms with Crippen LogP contribution in [-0.4, -0.2) is 56.9 Å². The van der Waals surface area contributed by atoms with Crippen LogP contribution >= 0.6 is 0 Å². The lowest BCUT2D eigenvalue weighted by Crippen LogP contribution is -2.38. The predicted molar refractivity (Wildman–Crippen MR) is 79.5 cm³/mol. The fourth-order valence-electron chi connectivity index (χ4n) is 0.844. The summed E-state index contributed by atoms with van der Waals surface area (Å²) in [7, 11) is 6.02. The number of nitrogens with zero attached hydrogens (tertiary/aromatic N) is 3. The largest absolute Gasteiger partial charge is 0.367 e. The van der Waals surface area contributed by atoms with E-state index in [1.807, 2.05) is 27.7 Å². The zero-order valence-electron chi connectivity index (χ0n) is 12.7. The number of rotatable bonds is 4. The molecule has 1 heterocycles. The molecule has 19 heavy (non-hydrogen) atoms. The van der Waals surface area contributed by atoms with E-state index in [-0.39, 0.29) is 0 Å². The SMILES string of the molecule is C=O.CC.CN(C)CCCN(C)N.NC1=NNNN1. The van der Waals surface area contributed by atoms with Crippen molar-refractivity contribution in [3.05, 3.63) is 0 Å². The summed E-state index contributed by atoms with van der Waals surface area (Å²) in [4.78, 5) is 10.2. The maximum Gasteiger partial charge on any atom is 0.228 e. The molecule has 0 bridgehead atoms. The minimum Gasteiger partial charge on any atom is -0.367 e. The highest BCUT2D eigenvalue weighted by atomic mass is 16.1. The topological polar surface area (TPSA) is 124 Å². The average Bonchev–Trinajstić information content (AvgIpc) is 2.85. The molecule has 0 aliphatic carbocycles. The van der Waals surface area contributed by atoms with Gasteiger partial charge in [-0.25, -0.2) is 5.53 Å². The van der Waals surface area contributed by atoms with E-state index in [0.29, 0.717) is 5.96 Å². The van der Waals surface area contributed by atoms with E-state index in [1.165, 1.54) is 0 Å². The summed E-state index contributed by atoms with van der Waals surface area (Å²) in [6.45, 7) is 8.08. The molecule has 7 N–H and O–H groups in total. The maximum absolute atomic E-state index is 8.00. The first-order valence-electron chi connectivity index (χ1n) is 6.01. The van der Waals surface area contributed by atoms with E-state index in [4.69, 9.17) is 16.4 Å². The van der Waals surface area contributed by atoms with Crippen molar-refractivity contribution in [2.24, 2.45) is 16.7 Å². The highest BCUT2D eigenvalue weighted by molar-refractivity contribution is 5.77. The molecule has 0 saturated carbocycles. The fourth-order valence-corrected chi connectivity index (χ4v) is 0.844. The molecule has 0 amide bonds. The fraction of sp³-hybridized carbons (Fsp3) is 0.800. The molecular formula is C10H30N8O. The molecule has 116 valence electrons. The highest BCUT2D eigenvalue weighted by Crippen LogP contribution is 1.82. The summed E-state index contributed by atoms with van der Waals surface area (Å²) in [6.07, 6.45) is 1.14. The van der Waals surface area contributed by atoms with Crippen LogP contribution in [0.4, 0.5) is 0 Å². The molecular weight excluding hydrogens is 248 g/mol. The lowest BCUT2D eigenvalue weighted by molar-refractivity contribution is -0.0979. The molecule has 1 aliphatic heterocycles. The van der Waals surface area contributed by atoms with Crippen molar-refractivity contribution in [1.82, 2.24) is 26.4 Å². The first kappa shape index (κ1) is 22.7. The number of nitrogens with one attached hydrogen (secondary N) is 3. The van der Waals surface area contributed by atoms with Crippen molar-refractivity contribution >= 4 is 12.7 Å². The lowest BCUT2D eigenvalue weighted by Gasteiger charge is -2.12. The number of carbonyl (C=O) groups excluding carboxylic acids is 1. The highest BCUT2D eigenvalue weighted by Gasteiger charge is 1.92. The van der Waals surface area contributed by atoms with Gasteiger partial charge < -0.3 is 15.4 Å². The third-order valence-electron chi connectivity index (χ3n) is 1.54. The van der Waals surface area contributed by atoms with Crippen molar-refractivity contribution in [3.63, 3.8) is 0 Å². The average molecular weight is 278 g/mol. The summed E-state index contributed by atoms with van der Waals surface area (Å²) >= 11 is 0. The molecule has 0 spiro atoms. The first-order chi connectivity index (χ1) is 9.02. The predicted octanol–water partition coefficient (Wildman–Crippen LogP) is -1.59. The van der Waals surface area contributed by atoms with Gasteiger partial charge in [0.05, 0.1) is 0 Å². The van der Waals surface area contributed by atoms with Crippen LogP contribution in [-0.2, 0) is 4.79 Å².